The van der Waals surface area contributed by atoms with Gasteiger partial charge in [0, 0.05) is 13.0 Å². The molecule has 0 aromatic carbocycles. The van der Waals surface area contributed by atoms with Gasteiger partial charge >= 0.3 is 6.16 Å². The van der Waals surface area contributed by atoms with Gasteiger partial charge in [0.2, 0.25) is 6.29 Å². The van der Waals surface area contributed by atoms with Crippen LogP contribution in [0.5, 0.6) is 0 Å². The van der Waals surface area contributed by atoms with Gasteiger partial charge in [-0.2, -0.15) is 0 Å². The average Bonchev–Trinajstić information content (AvgIpc) is 2.00. The zero-order chi connectivity index (χ0) is 9.56. The van der Waals surface area contributed by atoms with Gasteiger partial charge < -0.3 is 14.2 Å². The van der Waals surface area contributed by atoms with E-state index in [2.05, 4.69) is 4.74 Å². The Bertz CT molecular complexity index is 133. The molecule has 0 fully saturated rings. The second-order valence-electron chi connectivity index (χ2n) is 2.65. The molecule has 0 amide bonds. The molecule has 1 unspecified atom stereocenters. The molecule has 0 heterocycles. The van der Waals surface area contributed by atoms with Crippen LogP contribution in [0, 0.1) is 5.92 Å². The molecule has 0 aromatic rings. The third kappa shape index (κ3) is 4.18. The number of carbonyl (C=O) groups is 1. The van der Waals surface area contributed by atoms with Crippen molar-refractivity contribution in [1.29, 1.82) is 0 Å². The molecule has 0 aromatic heterocycles. The molecule has 0 bridgehead atoms. The molecule has 0 aliphatic rings. The molecule has 4 heteroatoms. The Balaban J connectivity index is 3.77. The number of hydrogen-bond acceptors (Lipinski definition) is 4. The minimum absolute atomic E-state index is 0.124. The summed E-state index contributed by atoms with van der Waals surface area (Å²) in [6.07, 6.45) is -1.21. The molecule has 72 valence electrons. The van der Waals surface area contributed by atoms with Crippen LogP contribution in [0.3, 0.4) is 0 Å². The third-order valence-corrected chi connectivity index (χ3v) is 1.25. The second kappa shape index (κ2) is 5.83. The summed E-state index contributed by atoms with van der Waals surface area (Å²) in [7, 11) is 1.49. The minimum Gasteiger partial charge on any atom is -0.435 e. The van der Waals surface area contributed by atoms with Crippen molar-refractivity contribution in [2.24, 2.45) is 5.92 Å². The first-order valence-electron chi connectivity index (χ1n) is 3.98. The molecule has 0 radical (unpaired) electrons. The van der Waals surface area contributed by atoms with Crippen molar-refractivity contribution in [3.8, 4) is 0 Å². The smallest absolute Gasteiger partial charge is 0.435 e. The highest BCUT2D eigenvalue weighted by atomic mass is 16.8. The van der Waals surface area contributed by atoms with Crippen molar-refractivity contribution >= 4 is 6.16 Å². The molecule has 0 saturated heterocycles. The lowest BCUT2D eigenvalue weighted by atomic mass is 10.2. The van der Waals surface area contributed by atoms with E-state index < -0.39 is 12.4 Å². The fourth-order valence-corrected chi connectivity index (χ4v) is 0.703. The normalized spacial score (nSPS) is 12.8. The number of ether oxygens (including phenoxy) is 3. The minimum atomic E-state index is -0.682. The van der Waals surface area contributed by atoms with Crippen LogP contribution in [0.15, 0.2) is 0 Å². The molecular weight excluding hydrogens is 160 g/mol. The highest BCUT2D eigenvalue weighted by Gasteiger charge is 2.17. The first-order chi connectivity index (χ1) is 5.61. The largest absolute Gasteiger partial charge is 0.510 e. The van der Waals surface area contributed by atoms with Crippen molar-refractivity contribution in [2.75, 3.05) is 13.7 Å². The standard InChI is InChI=1S/C8H16O4/c1-5-11-8(9)12-7(10-4)6(2)3/h6-7H,5H2,1-4H3. The van der Waals surface area contributed by atoms with E-state index in [9.17, 15) is 4.79 Å². The summed E-state index contributed by atoms with van der Waals surface area (Å²) < 4.78 is 14.3. The Morgan fingerprint density at radius 1 is 1.42 bits per heavy atom. The van der Waals surface area contributed by atoms with Crippen LogP contribution in [0.25, 0.3) is 0 Å². The fraction of sp³-hybridized carbons (Fsp3) is 0.875. The van der Waals surface area contributed by atoms with Crippen LogP contribution in [-0.4, -0.2) is 26.2 Å². The summed E-state index contributed by atoms with van der Waals surface area (Å²) in [5.74, 6) is 0.124. The molecule has 4 nitrogen and oxygen atoms in total. The molecule has 12 heavy (non-hydrogen) atoms. The van der Waals surface area contributed by atoms with Gasteiger partial charge in [-0.15, -0.1) is 0 Å². The Labute approximate surface area is 72.8 Å². The summed E-state index contributed by atoms with van der Waals surface area (Å²) >= 11 is 0. The number of rotatable bonds is 4. The lowest BCUT2D eigenvalue weighted by molar-refractivity contribution is -0.126. The highest BCUT2D eigenvalue weighted by Crippen LogP contribution is 2.07. The number of methoxy groups -OCH3 is 1. The summed E-state index contributed by atoms with van der Waals surface area (Å²) in [5.41, 5.74) is 0. The van der Waals surface area contributed by atoms with E-state index in [1.165, 1.54) is 7.11 Å². The Morgan fingerprint density at radius 3 is 2.33 bits per heavy atom. The van der Waals surface area contributed by atoms with Crippen LogP contribution in [0.2, 0.25) is 0 Å². The zero-order valence-electron chi connectivity index (χ0n) is 7.99. The molecule has 0 aliphatic carbocycles. The van der Waals surface area contributed by atoms with Crippen molar-refractivity contribution < 1.29 is 19.0 Å². The average molecular weight is 176 g/mol. The van der Waals surface area contributed by atoms with Crippen molar-refractivity contribution in [3.63, 3.8) is 0 Å². The predicted octanol–water partition coefficient (Wildman–Crippen LogP) is 1.79. The van der Waals surface area contributed by atoms with Crippen LogP contribution >= 0.6 is 0 Å². The van der Waals surface area contributed by atoms with E-state index in [1.54, 1.807) is 6.92 Å². The first-order valence-corrected chi connectivity index (χ1v) is 3.98. The summed E-state index contributed by atoms with van der Waals surface area (Å²) in [4.78, 5) is 10.8. The van der Waals surface area contributed by atoms with Crippen LogP contribution in [0.1, 0.15) is 20.8 Å². The van der Waals surface area contributed by atoms with Gasteiger partial charge in [0.05, 0.1) is 6.61 Å². The van der Waals surface area contributed by atoms with Gasteiger partial charge in [0.25, 0.3) is 0 Å². The Kier molecular flexibility index (Phi) is 5.45. The molecular formula is C8H16O4. The molecule has 0 rings (SSSR count). The number of hydrogen-bond donors (Lipinski definition) is 0. The van der Waals surface area contributed by atoms with Crippen molar-refractivity contribution in [3.05, 3.63) is 0 Å². The Morgan fingerprint density at radius 2 is 2.00 bits per heavy atom. The fourth-order valence-electron chi connectivity index (χ4n) is 0.703. The maximum absolute atomic E-state index is 10.8. The highest BCUT2D eigenvalue weighted by molar-refractivity contribution is 5.59. The molecule has 0 spiro atoms. The SMILES string of the molecule is CCOC(=O)OC(OC)C(C)C. The first kappa shape index (κ1) is 11.2. The third-order valence-electron chi connectivity index (χ3n) is 1.25. The van der Waals surface area contributed by atoms with Gasteiger partial charge in [-0.3, -0.25) is 0 Å². The molecule has 0 N–H and O–H groups in total. The van der Waals surface area contributed by atoms with Gasteiger partial charge in [-0.25, -0.2) is 4.79 Å². The Hall–Kier alpha value is -0.770. The van der Waals surface area contributed by atoms with Gasteiger partial charge in [0.1, 0.15) is 0 Å². The summed E-state index contributed by atoms with van der Waals surface area (Å²) in [6, 6.07) is 0. The quantitative estimate of drug-likeness (QED) is 0.484. The summed E-state index contributed by atoms with van der Waals surface area (Å²) in [5, 5.41) is 0. The maximum Gasteiger partial charge on any atom is 0.510 e. The zero-order valence-corrected chi connectivity index (χ0v) is 7.99. The second-order valence-corrected chi connectivity index (χ2v) is 2.65. The molecule has 0 saturated carbocycles. The topological polar surface area (TPSA) is 44.8 Å². The lowest BCUT2D eigenvalue weighted by Gasteiger charge is -2.18. The van der Waals surface area contributed by atoms with Crippen molar-refractivity contribution in [1.82, 2.24) is 0 Å². The maximum atomic E-state index is 10.8. The van der Waals surface area contributed by atoms with Gasteiger partial charge in [-0.05, 0) is 6.92 Å². The van der Waals surface area contributed by atoms with E-state index in [0.29, 0.717) is 6.61 Å². The van der Waals surface area contributed by atoms with Gasteiger partial charge in [0.15, 0.2) is 0 Å². The predicted molar refractivity (Wildman–Crippen MR) is 43.7 cm³/mol. The summed E-state index contributed by atoms with van der Waals surface area (Å²) in [6.45, 7) is 5.83. The number of carbonyl (C=O) groups excluding carboxylic acids is 1. The van der Waals surface area contributed by atoms with E-state index in [4.69, 9.17) is 9.47 Å². The monoisotopic (exact) mass is 176 g/mol. The molecule has 0 aliphatic heterocycles. The van der Waals surface area contributed by atoms with Crippen molar-refractivity contribution in [2.45, 2.75) is 27.1 Å². The van der Waals surface area contributed by atoms with E-state index in [1.807, 2.05) is 13.8 Å². The molecule has 1 atom stereocenters. The van der Waals surface area contributed by atoms with Crippen LogP contribution in [-0.2, 0) is 14.2 Å². The van der Waals surface area contributed by atoms with Crippen LogP contribution in [0.4, 0.5) is 4.79 Å². The van der Waals surface area contributed by atoms with E-state index in [0.717, 1.165) is 0 Å². The van der Waals surface area contributed by atoms with Crippen LogP contribution < -0.4 is 0 Å². The van der Waals surface area contributed by atoms with E-state index >= 15 is 0 Å². The van der Waals surface area contributed by atoms with E-state index in [-0.39, 0.29) is 5.92 Å². The lowest BCUT2D eigenvalue weighted by Crippen LogP contribution is -2.25. The van der Waals surface area contributed by atoms with Gasteiger partial charge in [-0.1, -0.05) is 13.8 Å².